The van der Waals surface area contributed by atoms with Crippen molar-refractivity contribution in [2.24, 2.45) is 0 Å². The first kappa shape index (κ1) is 77.6. The van der Waals surface area contributed by atoms with Crippen molar-refractivity contribution in [3.8, 4) is 66.8 Å². The molecule has 8 heteroatoms. The lowest BCUT2D eigenvalue weighted by molar-refractivity contribution is 0.668. The summed E-state index contributed by atoms with van der Waals surface area (Å²) < 4.78 is 25.0. The SMILES string of the molecule is Cc1ccc(N(c2ccc(-c3ccc(N(c4ccc(C)cc4)c4ccc(-c5cccc6c5oc5ccccc56)cc4)cc3)cc2)c2ccc(-c3cccc4c3oc3ccccc34)cc2)cc1.c1ccc(N(c2ccc(-c3ccc(N(c4ccccc4)c4ccc(-c5ccc6oc7ccccc7c6c5)cc4)cc3)cc2)c2ccc(-c3ccc4oc5ccccc5c4c3)cc2)cc1. The highest BCUT2D eigenvalue weighted by Gasteiger charge is 2.23. The van der Waals surface area contributed by atoms with Crippen molar-refractivity contribution in [3.05, 3.63) is 484 Å². The van der Waals surface area contributed by atoms with Crippen LogP contribution in [0.3, 0.4) is 0 Å². The summed E-state index contributed by atoms with van der Waals surface area (Å²) in [5.74, 6) is 0. The fraction of sp³-hybridized carbons (Fsp3) is 0.0164. The third-order valence-electron chi connectivity index (χ3n) is 25.1. The van der Waals surface area contributed by atoms with Crippen LogP contribution in [-0.2, 0) is 0 Å². The highest BCUT2D eigenvalue weighted by atomic mass is 16.3. The average Bonchev–Trinajstić information content (AvgIpc) is 1.63. The number of hydrogen-bond acceptors (Lipinski definition) is 8. The van der Waals surface area contributed by atoms with Crippen LogP contribution < -0.4 is 19.6 Å². The van der Waals surface area contributed by atoms with Crippen LogP contribution >= 0.6 is 0 Å². The van der Waals surface area contributed by atoms with Gasteiger partial charge in [0.05, 0.1) is 0 Å². The molecule has 0 saturated carbocycles. The predicted molar refractivity (Wildman–Crippen MR) is 543 cm³/mol. The van der Waals surface area contributed by atoms with Gasteiger partial charge in [-0.25, -0.2) is 0 Å². The molecule has 8 nitrogen and oxygen atoms in total. The molecule has 4 aromatic heterocycles. The molecule has 0 bridgehead atoms. The van der Waals surface area contributed by atoms with E-state index < -0.39 is 0 Å². The Morgan fingerprint density at radius 3 is 0.623 bits per heavy atom. The normalized spacial score (nSPS) is 11.5. The third-order valence-corrected chi connectivity index (χ3v) is 25.1. The molecule has 24 aromatic rings. The summed E-state index contributed by atoms with van der Waals surface area (Å²) in [6.45, 7) is 4.26. The van der Waals surface area contributed by atoms with Crippen LogP contribution in [0.25, 0.3) is 155 Å². The molecule has 0 spiro atoms. The highest BCUT2D eigenvalue weighted by molar-refractivity contribution is 6.12. The zero-order valence-electron chi connectivity index (χ0n) is 71.5. The smallest absolute Gasteiger partial charge is 0.143 e. The van der Waals surface area contributed by atoms with Crippen molar-refractivity contribution in [2.45, 2.75) is 13.8 Å². The predicted octanol–water partition coefficient (Wildman–Crippen LogP) is 35.5. The Hall–Kier alpha value is -17.2. The summed E-state index contributed by atoms with van der Waals surface area (Å²) in [7, 11) is 0. The lowest BCUT2D eigenvalue weighted by atomic mass is 10.0. The molecule has 0 aliphatic carbocycles. The van der Waals surface area contributed by atoms with Gasteiger partial charge in [0.1, 0.15) is 44.7 Å². The van der Waals surface area contributed by atoms with Crippen LogP contribution in [0.4, 0.5) is 68.2 Å². The molecule has 616 valence electrons. The van der Waals surface area contributed by atoms with Gasteiger partial charge >= 0.3 is 0 Å². The summed E-state index contributed by atoms with van der Waals surface area (Å²) in [6.07, 6.45) is 0. The van der Waals surface area contributed by atoms with Gasteiger partial charge in [0.25, 0.3) is 0 Å². The number of nitrogens with zero attached hydrogens (tertiary/aromatic N) is 4. The monoisotopic (exact) mass is 1670 g/mol. The number of benzene rings is 20. The number of furan rings is 4. The van der Waals surface area contributed by atoms with Gasteiger partial charge in [-0.2, -0.15) is 0 Å². The molecule has 0 aliphatic rings. The van der Waals surface area contributed by atoms with Crippen molar-refractivity contribution in [3.63, 3.8) is 0 Å². The van der Waals surface area contributed by atoms with E-state index in [0.29, 0.717) is 0 Å². The van der Waals surface area contributed by atoms with E-state index in [9.17, 15) is 0 Å². The summed E-state index contributed by atoms with van der Waals surface area (Å²) >= 11 is 0. The first-order valence-electron chi connectivity index (χ1n) is 44.1. The Morgan fingerprint density at radius 2 is 0.338 bits per heavy atom. The lowest BCUT2D eigenvalue weighted by Gasteiger charge is -2.26. The lowest BCUT2D eigenvalue weighted by Crippen LogP contribution is -2.10. The minimum atomic E-state index is 0.904. The molecule has 0 radical (unpaired) electrons. The molecular formula is C122H84N4O4. The van der Waals surface area contributed by atoms with E-state index in [1.54, 1.807) is 0 Å². The number of fused-ring (bicyclic) bond motifs is 12. The van der Waals surface area contributed by atoms with E-state index in [-0.39, 0.29) is 0 Å². The van der Waals surface area contributed by atoms with Crippen LogP contribution in [0.5, 0.6) is 0 Å². The van der Waals surface area contributed by atoms with Crippen molar-refractivity contribution >= 4 is 156 Å². The van der Waals surface area contributed by atoms with Gasteiger partial charge in [-0.05, 0) is 264 Å². The van der Waals surface area contributed by atoms with E-state index in [1.165, 1.54) is 11.1 Å². The number of rotatable bonds is 18. The summed E-state index contributed by atoms with van der Waals surface area (Å²) in [5, 5.41) is 9.07. The van der Waals surface area contributed by atoms with Crippen molar-refractivity contribution in [1.29, 1.82) is 0 Å². The van der Waals surface area contributed by atoms with Crippen LogP contribution in [0, 0.1) is 13.8 Å². The average molecular weight is 1670 g/mol. The fourth-order valence-electron chi connectivity index (χ4n) is 18.5. The van der Waals surface area contributed by atoms with E-state index in [1.807, 2.05) is 48.5 Å². The zero-order chi connectivity index (χ0) is 86.5. The second-order valence-electron chi connectivity index (χ2n) is 33.2. The first-order valence-corrected chi connectivity index (χ1v) is 44.1. The fourth-order valence-corrected chi connectivity index (χ4v) is 18.5. The maximum atomic E-state index is 6.40. The topological polar surface area (TPSA) is 65.5 Å². The third kappa shape index (κ3) is 14.8. The van der Waals surface area contributed by atoms with Crippen LogP contribution in [0.15, 0.2) is 491 Å². The maximum Gasteiger partial charge on any atom is 0.143 e. The van der Waals surface area contributed by atoms with Crippen LogP contribution in [0.1, 0.15) is 11.1 Å². The zero-order valence-corrected chi connectivity index (χ0v) is 71.5. The van der Waals surface area contributed by atoms with Gasteiger partial charge in [0, 0.05) is 122 Å². The molecular weight excluding hydrogens is 1590 g/mol. The highest BCUT2D eigenvalue weighted by Crippen LogP contribution is 2.47. The van der Waals surface area contributed by atoms with Crippen LogP contribution in [0.2, 0.25) is 0 Å². The molecule has 20 aromatic carbocycles. The molecule has 0 fully saturated rings. The summed E-state index contributed by atoms with van der Waals surface area (Å²) in [4.78, 5) is 9.26. The molecule has 24 rings (SSSR count). The van der Waals surface area contributed by atoms with Gasteiger partial charge in [0.2, 0.25) is 0 Å². The molecule has 0 unspecified atom stereocenters. The summed E-state index contributed by atoms with van der Waals surface area (Å²) in [5.41, 5.74) is 36.4. The van der Waals surface area contributed by atoms with Gasteiger partial charge < -0.3 is 37.3 Å². The van der Waals surface area contributed by atoms with Crippen LogP contribution in [-0.4, -0.2) is 0 Å². The number of aryl methyl sites for hydroxylation is 2. The quantitative estimate of drug-likeness (QED) is 0.0842. The van der Waals surface area contributed by atoms with Crippen molar-refractivity contribution in [1.82, 2.24) is 0 Å². The Bertz CT molecular complexity index is 7740. The molecule has 0 atom stereocenters. The summed E-state index contributed by atoms with van der Waals surface area (Å²) in [6, 6.07) is 168. The Balaban J connectivity index is 0.000000148. The van der Waals surface area contributed by atoms with Gasteiger partial charge in [-0.1, -0.05) is 290 Å². The molecule has 0 N–H and O–H groups in total. The van der Waals surface area contributed by atoms with Gasteiger partial charge in [0.15, 0.2) is 0 Å². The number of hydrogen-bond donors (Lipinski definition) is 0. The molecule has 0 aliphatic heterocycles. The second kappa shape index (κ2) is 33.4. The molecule has 0 amide bonds. The van der Waals surface area contributed by atoms with Gasteiger partial charge in [-0.15, -0.1) is 0 Å². The van der Waals surface area contributed by atoms with E-state index in [4.69, 9.17) is 17.7 Å². The van der Waals surface area contributed by atoms with E-state index in [0.717, 1.165) is 223 Å². The van der Waals surface area contributed by atoms with Crippen molar-refractivity contribution in [2.75, 3.05) is 19.6 Å². The number of para-hydroxylation sites is 8. The molecule has 4 heterocycles. The Labute approximate surface area is 753 Å². The Morgan fingerprint density at radius 1 is 0.138 bits per heavy atom. The van der Waals surface area contributed by atoms with Gasteiger partial charge in [-0.3, -0.25) is 0 Å². The van der Waals surface area contributed by atoms with Crippen molar-refractivity contribution < 1.29 is 17.7 Å². The maximum absolute atomic E-state index is 6.40. The minimum Gasteiger partial charge on any atom is -0.456 e. The van der Waals surface area contributed by atoms with E-state index in [2.05, 4.69) is 458 Å². The number of anilines is 12. The first-order chi connectivity index (χ1) is 64.2. The molecule has 130 heavy (non-hydrogen) atoms. The minimum absolute atomic E-state index is 0.904. The standard InChI is InChI=1S/C62H44N2O2.C60H40N2O2/c1-41-17-29-47(30-18-41)63(51-37-25-45(26-38-51)53-11-7-13-57-55-9-3-5-15-59(55)65-61(53)57)49-33-21-43(22-34-49)44-23-35-50(36-24-44)64(48-31-19-42(2)20-32-48)52-39-27-46(28-40-52)54-12-8-14-58-56-10-4-6-16-60(56)66-62(54)58;1-3-11-47(12-4-1)61(51-33-23-43(24-34-51)45-27-37-59-55(39-45)53-15-7-9-17-57(53)63-59)49-29-19-41(20-30-49)42-21-31-50(32-22-42)62(48-13-5-2-6-14-48)52-35-25-44(26-36-52)46-28-38-60-56(40-46)54-16-8-10-18-58(54)64-60/h3-40H,1-2H3;1-40H. The largest absolute Gasteiger partial charge is 0.456 e. The van der Waals surface area contributed by atoms with E-state index >= 15 is 0 Å². The molecule has 0 saturated heterocycles. The second-order valence-corrected chi connectivity index (χ2v) is 33.2. The Kier molecular flexibility index (Phi) is 19.9.